The van der Waals surface area contributed by atoms with E-state index < -0.39 is 18.0 Å². The van der Waals surface area contributed by atoms with E-state index in [0.717, 1.165) is 23.6 Å². The minimum absolute atomic E-state index is 0.169. The molecule has 152 valence electrons. The highest BCUT2D eigenvalue weighted by Crippen LogP contribution is 2.29. The van der Waals surface area contributed by atoms with E-state index in [4.69, 9.17) is 9.47 Å². The van der Waals surface area contributed by atoms with Crippen LogP contribution in [0.2, 0.25) is 0 Å². The second-order valence-corrected chi connectivity index (χ2v) is 6.85. The third kappa shape index (κ3) is 4.33. The average molecular weight is 405 g/mol. The van der Waals surface area contributed by atoms with Gasteiger partial charge in [-0.3, -0.25) is 4.79 Å². The smallest absolute Gasteiger partial charge is 0.433 e. The quantitative estimate of drug-likeness (QED) is 0.784. The molecule has 0 radical (unpaired) electrons. The summed E-state index contributed by atoms with van der Waals surface area (Å²) in [5.41, 5.74) is 0.304. The number of fused-ring (bicyclic) bond motifs is 1. The van der Waals surface area contributed by atoms with Crippen molar-refractivity contribution < 1.29 is 27.4 Å². The lowest BCUT2D eigenvalue weighted by Crippen LogP contribution is -2.45. The van der Waals surface area contributed by atoms with E-state index in [1.54, 1.807) is 4.90 Å². The highest BCUT2D eigenvalue weighted by molar-refractivity contribution is 5.99. The lowest BCUT2D eigenvalue weighted by Gasteiger charge is -2.33. The number of para-hydroxylation sites is 1. The maximum absolute atomic E-state index is 12.9. The molecule has 0 N–H and O–H groups in total. The molecule has 1 amide bonds. The van der Waals surface area contributed by atoms with E-state index in [1.807, 2.05) is 30.3 Å². The summed E-state index contributed by atoms with van der Waals surface area (Å²) < 4.78 is 49.6. The van der Waals surface area contributed by atoms with Gasteiger partial charge in [0, 0.05) is 18.3 Å². The van der Waals surface area contributed by atoms with Gasteiger partial charge in [-0.05, 0) is 31.1 Å². The standard InChI is InChI=1S/C20H18F3N3O3/c21-20(22,23)17-7-8-24-19(25-17)29-15-5-3-9-26(11-15)18(27)14-10-13-4-1-2-6-16(13)28-12-14/h1-2,4,6-8,10,15H,3,5,9,11-12H2. The number of benzene rings is 1. The molecule has 9 heteroatoms. The lowest BCUT2D eigenvalue weighted by molar-refractivity contribution is -0.141. The number of hydrogen-bond donors (Lipinski definition) is 0. The predicted octanol–water partition coefficient (Wildman–Crippen LogP) is 3.34. The summed E-state index contributed by atoms with van der Waals surface area (Å²) in [6, 6.07) is 7.89. The van der Waals surface area contributed by atoms with Crippen molar-refractivity contribution in [3.8, 4) is 11.8 Å². The van der Waals surface area contributed by atoms with Gasteiger partial charge in [-0.1, -0.05) is 18.2 Å². The zero-order valence-corrected chi connectivity index (χ0v) is 15.4. The second kappa shape index (κ2) is 7.73. The molecule has 0 spiro atoms. The van der Waals surface area contributed by atoms with Crippen LogP contribution in [-0.4, -0.2) is 46.6 Å². The minimum atomic E-state index is -4.57. The number of alkyl halides is 3. The number of ether oxygens (including phenoxy) is 2. The molecule has 1 unspecified atom stereocenters. The Bertz CT molecular complexity index is 946. The van der Waals surface area contributed by atoms with Gasteiger partial charge >= 0.3 is 12.2 Å². The third-order valence-electron chi connectivity index (χ3n) is 4.77. The number of rotatable bonds is 3. The summed E-state index contributed by atoms with van der Waals surface area (Å²) in [5, 5.41) is 0. The van der Waals surface area contributed by atoms with E-state index in [2.05, 4.69) is 9.97 Å². The zero-order valence-electron chi connectivity index (χ0n) is 15.4. The summed E-state index contributed by atoms with van der Waals surface area (Å²) >= 11 is 0. The van der Waals surface area contributed by atoms with Crippen molar-refractivity contribution in [2.45, 2.75) is 25.1 Å². The number of amides is 1. The van der Waals surface area contributed by atoms with Gasteiger partial charge in [0.25, 0.3) is 5.91 Å². The van der Waals surface area contributed by atoms with Crippen LogP contribution in [0.5, 0.6) is 11.8 Å². The third-order valence-corrected chi connectivity index (χ3v) is 4.77. The Hall–Kier alpha value is -3.10. The van der Waals surface area contributed by atoms with E-state index in [-0.39, 0.29) is 25.1 Å². The fourth-order valence-electron chi connectivity index (χ4n) is 3.37. The molecule has 1 fully saturated rings. The van der Waals surface area contributed by atoms with E-state index >= 15 is 0 Å². The van der Waals surface area contributed by atoms with Crippen molar-refractivity contribution in [1.82, 2.24) is 14.9 Å². The Balaban J connectivity index is 1.44. The highest BCUT2D eigenvalue weighted by atomic mass is 19.4. The molecule has 2 aromatic rings. The van der Waals surface area contributed by atoms with Gasteiger partial charge in [-0.15, -0.1) is 0 Å². The van der Waals surface area contributed by atoms with Crippen molar-refractivity contribution in [3.63, 3.8) is 0 Å². The second-order valence-electron chi connectivity index (χ2n) is 6.85. The first-order valence-electron chi connectivity index (χ1n) is 9.19. The maximum atomic E-state index is 12.9. The molecule has 2 aliphatic heterocycles. The van der Waals surface area contributed by atoms with Gasteiger partial charge in [-0.25, -0.2) is 4.98 Å². The Morgan fingerprint density at radius 2 is 2.07 bits per heavy atom. The van der Waals surface area contributed by atoms with E-state index in [0.29, 0.717) is 25.0 Å². The fraction of sp³-hybridized carbons (Fsp3) is 0.350. The normalized spacial score (nSPS) is 19.1. The summed E-state index contributed by atoms with van der Waals surface area (Å²) in [7, 11) is 0. The zero-order chi connectivity index (χ0) is 20.4. The lowest BCUT2D eigenvalue weighted by atomic mass is 10.0. The SMILES string of the molecule is O=C(C1=Cc2ccccc2OC1)N1CCCC(Oc2nccc(C(F)(F)F)n2)C1. The van der Waals surface area contributed by atoms with Crippen LogP contribution in [0.4, 0.5) is 13.2 Å². The Kier molecular flexibility index (Phi) is 5.12. The summed E-state index contributed by atoms with van der Waals surface area (Å²) in [6.07, 6.45) is -0.963. The van der Waals surface area contributed by atoms with Crippen LogP contribution >= 0.6 is 0 Å². The number of hydrogen-bond acceptors (Lipinski definition) is 5. The first-order chi connectivity index (χ1) is 13.9. The first kappa shape index (κ1) is 19.2. The van der Waals surface area contributed by atoms with Crippen LogP contribution in [0.25, 0.3) is 6.08 Å². The van der Waals surface area contributed by atoms with E-state index in [1.165, 1.54) is 0 Å². The number of carbonyl (C=O) groups excluding carboxylic acids is 1. The summed E-state index contributed by atoms with van der Waals surface area (Å²) in [5.74, 6) is 0.559. The summed E-state index contributed by atoms with van der Waals surface area (Å²) in [4.78, 5) is 21.7. The van der Waals surface area contributed by atoms with Crippen LogP contribution < -0.4 is 9.47 Å². The fourth-order valence-corrected chi connectivity index (χ4v) is 3.37. The molecular weight excluding hydrogens is 387 g/mol. The molecule has 1 atom stereocenters. The van der Waals surface area contributed by atoms with Crippen molar-refractivity contribution in [1.29, 1.82) is 0 Å². The molecule has 0 saturated carbocycles. The number of nitrogens with zero attached hydrogens (tertiary/aromatic N) is 3. The van der Waals surface area contributed by atoms with Crippen LogP contribution in [0.1, 0.15) is 24.1 Å². The van der Waals surface area contributed by atoms with Gasteiger partial charge in [-0.2, -0.15) is 18.2 Å². The number of aromatic nitrogens is 2. The molecule has 6 nitrogen and oxygen atoms in total. The van der Waals surface area contributed by atoms with E-state index in [9.17, 15) is 18.0 Å². The molecule has 0 bridgehead atoms. The van der Waals surface area contributed by atoms with Gasteiger partial charge in [0.2, 0.25) is 0 Å². The molecule has 3 heterocycles. The van der Waals surface area contributed by atoms with Crippen LogP contribution in [0.15, 0.2) is 42.1 Å². The maximum Gasteiger partial charge on any atom is 0.433 e. The Labute approximate surface area is 165 Å². The predicted molar refractivity (Wildman–Crippen MR) is 97.2 cm³/mol. The molecule has 1 saturated heterocycles. The van der Waals surface area contributed by atoms with Crippen molar-refractivity contribution >= 4 is 12.0 Å². The van der Waals surface area contributed by atoms with Gasteiger partial charge in [0.05, 0.1) is 12.1 Å². The minimum Gasteiger partial charge on any atom is -0.488 e. The van der Waals surface area contributed by atoms with Crippen LogP contribution in [0.3, 0.4) is 0 Å². The molecule has 1 aromatic carbocycles. The molecule has 0 aliphatic carbocycles. The molecule has 29 heavy (non-hydrogen) atoms. The largest absolute Gasteiger partial charge is 0.488 e. The molecular formula is C20H18F3N3O3. The number of piperidine rings is 1. The number of carbonyl (C=O) groups is 1. The van der Waals surface area contributed by atoms with Crippen molar-refractivity contribution in [2.24, 2.45) is 0 Å². The van der Waals surface area contributed by atoms with Crippen molar-refractivity contribution in [3.05, 3.63) is 53.4 Å². The molecule has 1 aromatic heterocycles. The van der Waals surface area contributed by atoms with Crippen LogP contribution in [0, 0.1) is 0 Å². The van der Waals surface area contributed by atoms with Crippen molar-refractivity contribution in [2.75, 3.05) is 19.7 Å². The number of likely N-dealkylation sites (tertiary alicyclic amines) is 1. The molecule has 2 aliphatic rings. The van der Waals surface area contributed by atoms with Crippen LogP contribution in [-0.2, 0) is 11.0 Å². The first-order valence-corrected chi connectivity index (χ1v) is 9.19. The topological polar surface area (TPSA) is 64.5 Å². The number of halogens is 3. The molecule has 4 rings (SSSR count). The Morgan fingerprint density at radius 1 is 1.24 bits per heavy atom. The average Bonchev–Trinajstić information content (AvgIpc) is 2.72. The van der Waals surface area contributed by atoms with Gasteiger partial charge < -0.3 is 14.4 Å². The highest BCUT2D eigenvalue weighted by Gasteiger charge is 2.34. The summed E-state index contributed by atoms with van der Waals surface area (Å²) in [6.45, 7) is 0.965. The van der Waals surface area contributed by atoms with Gasteiger partial charge in [0.15, 0.2) is 5.69 Å². The monoisotopic (exact) mass is 405 g/mol. The Morgan fingerprint density at radius 3 is 2.90 bits per heavy atom. The van der Waals surface area contributed by atoms with Gasteiger partial charge in [0.1, 0.15) is 18.5 Å².